The summed E-state index contributed by atoms with van der Waals surface area (Å²) in [7, 11) is -2.93. The van der Waals surface area contributed by atoms with Crippen molar-refractivity contribution in [2.24, 2.45) is 0 Å². The van der Waals surface area contributed by atoms with E-state index in [2.05, 4.69) is 5.32 Å². The van der Waals surface area contributed by atoms with Crippen molar-refractivity contribution in [3.8, 4) is 0 Å². The summed E-state index contributed by atoms with van der Waals surface area (Å²) in [5, 5.41) is 3.97. The highest BCUT2D eigenvalue weighted by atomic mass is 35.5. The summed E-state index contributed by atoms with van der Waals surface area (Å²) < 4.78 is 23.0. The lowest BCUT2D eigenvalue weighted by molar-refractivity contribution is -0.135. The molecule has 0 spiro atoms. The first-order valence-corrected chi connectivity index (χ1v) is 10.3. The Hall–Kier alpha value is -0.570. The predicted molar refractivity (Wildman–Crippen MR) is 108 cm³/mol. The lowest BCUT2D eigenvalue weighted by Crippen LogP contribution is -2.53. The Morgan fingerprint density at radius 2 is 1.81 bits per heavy atom. The van der Waals surface area contributed by atoms with E-state index in [9.17, 15) is 13.2 Å². The average molecular weight is 445 g/mol. The zero-order chi connectivity index (χ0) is 17.2. The number of hydrogen-bond donors (Lipinski definition) is 1. The number of piperazine rings is 1. The number of hydrogen-bond acceptors (Lipinski definition) is 5. The summed E-state index contributed by atoms with van der Waals surface area (Å²) in [6, 6.07) is 7.50. The number of sulfone groups is 1. The minimum atomic E-state index is -2.93. The third-order valence-corrected chi connectivity index (χ3v) is 6.58. The second kappa shape index (κ2) is 10.1. The first kappa shape index (κ1) is 23.5. The van der Waals surface area contributed by atoms with Gasteiger partial charge in [0.1, 0.15) is 0 Å². The third kappa shape index (κ3) is 5.71. The lowest BCUT2D eigenvalue weighted by Gasteiger charge is -2.38. The number of benzene rings is 1. The molecule has 3 rings (SSSR count). The van der Waals surface area contributed by atoms with Crippen LogP contribution in [0.25, 0.3) is 0 Å². The molecule has 2 heterocycles. The van der Waals surface area contributed by atoms with Crippen molar-refractivity contribution in [2.75, 3.05) is 50.8 Å². The van der Waals surface area contributed by atoms with Crippen LogP contribution in [-0.2, 0) is 14.6 Å². The summed E-state index contributed by atoms with van der Waals surface area (Å²) in [5.74, 6) is 0.298. The zero-order valence-corrected chi connectivity index (χ0v) is 17.5. The number of rotatable bonds is 3. The summed E-state index contributed by atoms with van der Waals surface area (Å²) >= 11 is 6.31. The van der Waals surface area contributed by atoms with Gasteiger partial charge in [0, 0.05) is 37.7 Å². The zero-order valence-electron chi connectivity index (χ0n) is 14.3. The second-order valence-electron chi connectivity index (χ2n) is 6.26. The Kier molecular flexibility index (Phi) is 9.12. The fourth-order valence-corrected chi connectivity index (χ4v) is 4.76. The molecule has 6 nitrogen and oxygen atoms in total. The molecule has 0 radical (unpaired) electrons. The largest absolute Gasteiger partial charge is 0.332 e. The molecule has 0 bridgehead atoms. The van der Waals surface area contributed by atoms with Crippen LogP contribution in [0.2, 0.25) is 5.02 Å². The standard InChI is InChI=1S/C16H22ClN3O3S.2ClH/c17-14-4-2-1-3-13(14)15-11-18-5-6-20(15)16(21)12-19-7-9-24(22,23)10-8-19;;/h1-4,15,18H,5-12H2;2*1H. The van der Waals surface area contributed by atoms with Gasteiger partial charge in [-0.15, -0.1) is 24.8 Å². The topological polar surface area (TPSA) is 69.7 Å². The first-order valence-electron chi connectivity index (χ1n) is 8.14. The van der Waals surface area contributed by atoms with Crippen LogP contribution in [0, 0.1) is 0 Å². The van der Waals surface area contributed by atoms with Gasteiger partial charge < -0.3 is 10.2 Å². The van der Waals surface area contributed by atoms with Crippen LogP contribution in [0.15, 0.2) is 24.3 Å². The molecule has 2 aliphatic heterocycles. The molecule has 1 aromatic carbocycles. The quantitative estimate of drug-likeness (QED) is 0.763. The van der Waals surface area contributed by atoms with E-state index in [4.69, 9.17) is 11.6 Å². The van der Waals surface area contributed by atoms with Gasteiger partial charge in [-0.3, -0.25) is 9.69 Å². The van der Waals surface area contributed by atoms with E-state index in [1.165, 1.54) is 0 Å². The molecule has 0 aromatic heterocycles. The van der Waals surface area contributed by atoms with Gasteiger partial charge in [-0.2, -0.15) is 0 Å². The maximum Gasteiger partial charge on any atom is 0.237 e. The minimum absolute atomic E-state index is 0. The summed E-state index contributed by atoms with van der Waals surface area (Å²) in [6.07, 6.45) is 0. The molecular formula is C16H24Cl3N3O3S. The van der Waals surface area contributed by atoms with Crippen LogP contribution in [0.4, 0.5) is 0 Å². The fourth-order valence-electron chi connectivity index (χ4n) is 3.22. The molecule has 1 atom stereocenters. The van der Waals surface area contributed by atoms with Crippen LogP contribution in [0.3, 0.4) is 0 Å². The second-order valence-corrected chi connectivity index (χ2v) is 8.97. The number of halogens is 3. The molecule has 1 amide bonds. The lowest BCUT2D eigenvalue weighted by atomic mass is 10.0. The number of carbonyl (C=O) groups is 1. The van der Waals surface area contributed by atoms with Gasteiger partial charge in [0.15, 0.2) is 9.84 Å². The highest BCUT2D eigenvalue weighted by Gasteiger charge is 2.31. The van der Waals surface area contributed by atoms with Gasteiger partial charge in [-0.05, 0) is 11.6 Å². The van der Waals surface area contributed by atoms with Crippen molar-refractivity contribution in [1.82, 2.24) is 15.1 Å². The molecule has 2 saturated heterocycles. The van der Waals surface area contributed by atoms with Gasteiger partial charge >= 0.3 is 0 Å². The van der Waals surface area contributed by atoms with Crippen molar-refractivity contribution in [2.45, 2.75) is 6.04 Å². The molecule has 2 fully saturated rings. The maximum absolute atomic E-state index is 12.8. The molecule has 1 N–H and O–H groups in total. The summed E-state index contributed by atoms with van der Waals surface area (Å²) in [4.78, 5) is 16.6. The fraction of sp³-hybridized carbons (Fsp3) is 0.562. The van der Waals surface area contributed by atoms with Crippen LogP contribution in [0.1, 0.15) is 11.6 Å². The van der Waals surface area contributed by atoms with E-state index >= 15 is 0 Å². The molecule has 2 aliphatic rings. The Labute approximate surface area is 172 Å². The monoisotopic (exact) mass is 443 g/mol. The van der Waals surface area contributed by atoms with Crippen LogP contribution in [0.5, 0.6) is 0 Å². The molecule has 1 unspecified atom stereocenters. The van der Waals surface area contributed by atoms with Gasteiger partial charge in [0.25, 0.3) is 0 Å². The van der Waals surface area contributed by atoms with E-state index in [1.807, 2.05) is 34.1 Å². The Morgan fingerprint density at radius 1 is 1.15 bits per heavy atom. The van der Waals surface area contributed by atoms with Crippen LogP contribution < -0.4 is 5.32 Å². The van der Waals surface area contributed by atoms with Gasteiger partial charge in [0.2, 0.25) is 5.91 Å². The van der Waals surface area contributed by atoms with Gasteiger partial charge in [0.05, 0.1) is 24.1 Å². The van der Waals surface area contributed by atoms with Gasteiger partial charge in [-0.1, -0.05) is 29.8 Å². The van der Waals surface area contributed by atoms with Crippen LogP contribution in [-0.4, -0.2) is 74.9 Å². The average Bonchev–Trinajstić information content (AvgIpc) is 2.57. The minimum Gasteiger partial charge on any atom is -0.332 e. The molecule has 148 valence electrons. The molecule has 26 heavy (non-hydrogen) atoms. The Bertz CT molecular complexity index is 704. The van der Waals surface area contributed by atoms with E-state index in [0.717, 1.165) is 12.1 Å². The number of carbonyl (C=O) groups excluding carboxylic acids is 1. The van der Waals surface area contributed by atoms with Crippen molar-refractivity contribution in [3.05, 3.63) is 34.9 Å². The van der Waals surface area contributed by atoms with Crippen molar-refractivity contribution in [1.29, 1.82) is 0 Å². The molecular weight excluding hydrogens is 421 g/mol. The normalized spacial score (nSPS) is 22.8. The third-order valence-electron chi connectivity index (χ3n) is 4.62. The smallest absolute Gasteiger partial charge is 0.237 e. The summed E-state index contributed by atoms with van der Waals surface area (Å²) in [6.45, 7) is 3.16. The Balaban J connectivity index is 0.00000169. The van der Waals surface area contributed by atoms with Crippen molar-refractivity contribution in [3.63, 3.8) is 0 Å². The van der Waals surface area contributed by atoms with E-state index in [-0.39, 0.29) is 54.8 Å². The number of nitrogens with zero attached hydrogens (tertiary/aromatic N) is 2. The number of amides is 1. The van der Waals surface area contributed by atoms with Crippen LogP contribution >= 0.6 is 36.4 Å². The molecule has 0 saturated carbocycles. The maximum atomic E-state index is 12.8. The molecule has 0 aliphatic carbocycles. The van der Waals surface area contributed by atoms with Crippen molar-refractivity contribution < 1.29 is 13.2 Å². The van der Waals surface area contributed by atoms with Gasteiger partial charge in [-0.25, -0.2) is 8.42 Å². The summed E-state index contributed by atoms with van der Waals surface area (Å²) in [5.41, 5.74) is 0.945. The van der Waals surface area contributed by atoms with E-state index in [0.29, 0.717) is 31.2 Å². The number of nitrogens with one attached hydrogen (secondary N) is 1. The van der Waals surface area contributed by atoms with E-state index in [1.54, 1.807) is 0 Å². The Morgan fingerprint density at radius 3 is 2.46 bits per heavy atom. The predicted octanol–water partition coefficient (Wildman–Crippen LogP) is 1.39. The van der Waals surface area contributed by atoms with Crippen molar-refractivity contribution >= 4 is 52.2 Å². The molecule has 10 heteroatoms. The highest BCUT2D eigenvalue weighted by Crippen LogP contribution is 2.28. The van der Waals surface area contributed by atoms with E-state index < -0.39 is 9.84 Å². The SMILES string of the molecule is Cl.Cl.O=C(CN1CCS(=O)(=O)CC1)N1CCNCC1c1ccccc1Cl. The highest BCUT2D eigenvalue weighted by molar-refractivity contribution is 7.91. The molecule has 1 aromatic rings. The first-order chi connectivity index (χ1) is 11.5.